The number of hydrogen-bond acceptors (Lipinski definition) is 2. The maximum Gasteiger partial charge on any atom is 0.322 e. The molecule has 0 saturated carbocycles. The molecule has 27 heavy (non-hydrogen) atoms. The highest BCUT2D eigenvalue weighted by molar-refractivity contribution is 5.95. The largest absolute Gasteiger partial charge is 0.327 e. The predicted octanol–water partition coefficient (Wildman–Crippen LogP) is 3.90. The molecule has 1 N–H and O–H groups in total. The predicted molar refractivity (Wildman–Crippen MR) is 107 cm³/mol. The molecule has 138 valence electrons. The molecular formula is C22H24N4O. The average Bonchev–Trinajstić information content (AvgIpc) is 3.27. The second-order valence-electron chi connectivity index (χ2n) is 7.21. The van der Waals surface area contributed by atoms with E-state index < -0.39 is 0 Å². The number of benzene rings is 2. The number of hydrogen-bond donors (Lipinski definition) is 1. The molecule has 2 aromatic carbocycles. The van der Waals surface area contributed by atoms with Crippen LogP contribution in [0.2, 0.25) is 0 Å². The van der Waals surface area contributed by atoms with Crippen LogP contribution in [-0.4, -0.2) is 22.4 Å². The van der Waals surface area contributed by atoms with Crippen molar-refractivity contribution >= 4 is 11.7 Å². The number of anilines is 1. The van der Waals surface area contributed by atoms with Crippen LogP contribution in [0, 0.1) is 13.8 Å². The van der Waals surface area contributed by atoms with Gasteiger partial charge >= 0.3 is 6.03 Å². The van der Waals surface area contributed by atoms with Gasteiger partial charge in [0.1, 0.15) is 0 Å². The standard InChI is InChI=1S/C22H24N4O/c1-15-11-18-9-10-26(20(18)12-16(15)2)22(27)24-21(17-7-5-4-6-8-17)19-13-23-25(3)14-19/h4-8,11-14,21H,9-10H2,1-3H3,(H,24,27). The van der Waals surface area contributed by atoms with Gasteiger partial charge in [-0.15, -0.1) is 0 Å². The molecule has 5 heteroatoms. The summed E-state index contributed by atoms with van der Waals surface area (Å²) < 4.78 is 1.76. The van der Waals surface area contributed by atoms with Crippen LogP contribution in [0.1, 0.15) is 33.9 Å². The zero-order chi connectivity index (χ0) is 19.0. The first-order chi connectivity index (χ1) is 13.0. The fourth-order valence-electron chi connectivity index (χ4n) is 3.67. The summed E-state index contributed by atoms with van der Waals surface area (Å²) >= 11 is 0. The minimum atomic E-state index is -0.233. The molecule has 1 aliphatic rings. The van der Waals surface area contributed by atoms with Gasteiger partial charge in [0, 0.05) is 31.0 Å². The molecule has 0 saturated heterocycles. The topological polar surface area (TPSA) is 50.2 Å². The summed E-state index contributed by atoms with van der Waals surface area (Å²) in [5, 5.41) is 7.49. The molecule has 1 aliphatic heterocycles. The first-order valence-corrected chi connectivity index (χ1v) is 9.24. The Morgan fingerprint density at radius 1 is 1.11 bits per heavy atom. The summed E-state index contributed by atoms with van der Waals surface area (Å²) in [4.78, 5) is 15.0. The number of nitrogens with one attached hydrogen (secondary N) is 1. The van der Waals surface area contributed by atoms with E-state index in [4.69, 9.17) is 0 Å². The Morgan fingerprint density at radius 3 is 2.56 bits per heavy atom. The van der Waals surface area contributed by atoms with Crippen LogP contribution in [0.4, 0.5) is 10.5 Å². The molecule has 0 radical (unpaired) electrons. The van der Waals surface area contributed by atoms with Crippen molar-refractivity contribution in [1.29, 1.82) is 0 Å². The van der Waals surface area contributed by atoms with Gasteiger partial charge in [0.05, 0.1) is 12.2 Å². The van der Waals surface area contributed by atoms with Gasteiger partial charge in [0.15, 0.2) is 0 Å². The second-order valence-corrected chi connectivity index (χ2v) is 7.21. The lowest BCUT2D eigenvalue weighted by molar-refractivity contribution is 0.244. The van der Waals surface area contributed by atoms with Gasteiger partial charge < -0.3 is 5.32 Å². The minimum absolute atomic E-state index is 0.0743. The lowest BCUT2D eigenvalue weighted by Gasteiger charge is -2.24. The quantitative estimate of drug-likeness (QED) is 0.770. The molecule has 0 spiro atoms. The molecule has 3 aromatic rings. The number of fused-ring (bicyclic) bond motifs is 1. The maximum atomic E-state index is 13.2. The normalized spacial score (nSPS) is 14.1. The third-order valence-electron chi connectivity index (χ3n) is 5.29. The molecule has 5 nitrogen and oxygen atoms in total. The van der Waals surface area contributed by atoms with Gasteiger partial charge in [-0.1, -0.05) is 36.4 Å². The number of aromatic nitrogens is 2. The van der Waals surface area contributed by atoms with Gasteiger partial charge in [-0.3, -0.25) is 9.58 Å². The fraction of sp³-hybridized carbons (Fsp3) is 0.273. The molecule has 0 bridgehead atoms. The third-order valence-corrected chi connectivity index (χ3v) is 5.29. The highest BCUT2D eigenvalue weighted by Crippen LogP contribution is 2.31. The van der Waals surface area contributed by atoms with Crippen molar-refractivity contribution < 1.29 is 4.79 Å². The van der Waals surface area contributed by atoms with Crippen molar-refractivity contribution in [2.75, 3.05) is 11.4 Å². The van der Waals surface area contributed by atoms with Crippen LogP contribution in [0.3, 0.4) is 0 Å². The van der Waals surface area contributed by atoms with E-state index in [-0.39, 0.29) is 12.1 Å². The van der Waals surface area contributed by atoms with Gasteiger partial charge in [0.2, 0.25) is 0 Å². The van der Waals surface area contributed by atoms with Crippen LogP contribution in [0.5, 0.6) is 0 Å². The Bertz CT molecular complexity index is 977. The molecule has 1 unspecified atom stereocenters. The summed E-state index contributed by atoms with van der Waals surface area (Å²) in [6.07, 6.45) is 4.65. The summed E-state index contributed by atoms with van der Waals surface area (Å²) in [5.41, 5.74) is 6.75. The molecule has 0 aliphatic carbocycles. The SMILES string of the molecule is Cc1cc2c(cc1C)N(C(=O)NC(c1ccccc1)c1cnn(C)c1)CC2. The maximum absolute atomic E-state index is 13.2. The monoisotopic (exact) mass is 360 g/mol. The zero-order valence-electron chi connectivity index (χ0n) is 15.9. The van der Waals surface area contributed by atoms with Crippen molar-refractivity contribution in [3.63, 3.8) is 0 Å². The van der Waals surface area contributed by atoms with Crippen molar-refractivity contribution in [1.82, 2.24) is 15.1 Å². The van der Waals surface area contributed by atoms with E-state index >= 15 is 0 Å². The fourth-order valence-corrected chi connectivity index (χ4v) is 3.67. The summed E-state index contributed by atoms with van der Waals surface area (Å²) in [6.45, 7) is 4.91. The highest BCUT2D eigenvalue weighted by Gasteiger charge is 2.28. The summed E-state index contributed by atoms with van der Waals surface area (Å²) in [5.74, 6) is 0. The Hall–Kier alpha value is -3.08. The van der Waals surface area contributed by atoms with Crippen molar-refractivity contribution in [2.45, 2.75) is 26.3 Å². The van der Waals surface area contributed by atoms with Gasteiger partial charge in [-0.25, -0.2) is 4.79 Å². The first-order valence-electron chi connectivity index (χ1n) is 9.24. The highest BCUT2D eigenvalue weighted by atomic mass is 16.2. The Morgan fingerprint density at radius 2 is 1.85 bits per heavy atom. The molecule has 1 atom stereocenters. The van der Waals surface area contributed by atoms with Crippen molar-refractivity contribution in [3.8, 4) is 0 Å². The van der Waals surface area contributed by atoms with Crippen LogP contribution >= 0.6 is 0 Å². The van der Waals surface area contributed by atoms with E-state index in [0.29, 0.717) is 6.54 Å². The van der Waals surface area contributed by atoms with E-state index in [2.05, 4.69) is 36.4 Å². The molecule has 4 rings (SSSR count). The van der Waals surface area contributed by atoms with Gasteiger partial charge in [-0.05, 0) is 48.6 Å². The van der Waals surface area contributed by atoms with Crippen molar-refractivity contribution in [3.05, 3.63) is 82.7 Å². The van der Waals surface area contributed by atoms with Crippen LogP contribution < -0.4 is 10.2 Å². The first kappa shape index (κ1) is 17.3. The van der Waals surface area contributed by atoms with Crippen LogP contribution in [-0.2, 0) is 13.5 Å². The molecule has 2 heterocycles. The Labute approximate surface area is 159 Å². The Balaban J connectivity index is 1.63. The van der Waals surface area contributed by atoms with E-state index in [1.54, 1.807) is 4.68 Å². The molecule has 0 fully saturated rings. The molecular weight excluding hydrogens is 336 g/mol. The van der Waals surface area contributed by atoms with Gasteiger partial charge in [-0.2, -0.15) is 5.10 Å². The number of carbonyl (C=O) groups is 1. The number of urea groups is 1. The average molecular weight is 360 g/mol. The number of aryl methyl sites for hydroxylation is 3. The lowest BCUT2D eigenvalue weighted by atomic mass is 10.0. The van der Waals surface area contributed by atoms with Gasteiger partial charge in [0.25, 0.3) is 0 Å². The van der Waals surface area contributed by atoms with Crippen LogP contribution in [0.15, 0.2) is 54.9 Å². The minimum Gasteiger partial charge on any atom is -0.327 e. The number of nitrogens with zero attached hydrogens (tertiary/aromatic N) is 3. The van der Waals surface area contributed by atoms with Crippen LogP contribution in [0.25, 0.3) is 0 Å². The lowest BCUT2D eigenvalue weighted by Crippen LogP contribution is -2.41. The second kappa shape index (κ2) is 6.91. The third kappa shape index (κ3) is 3.33. The number of amides is 2. The number of rotatable bonds is 3. The zero-order valence-corrected chi connectivity index (χ0v) is 15.9. The smallest absolute Gasteiger partial charge is 0.322 e. The van der Waals surface area contributed by atoms with E-state index in [9.17, 15) is 4.79 Å². The number of carbonyl (C=O) groups excluding carboxylic acids is 1. The summed E-state index contributed by atoms with van der Waals surface area (Å²) in [7, 11) is 1.88. The van der Waals surface area contributed by atoms with Crippen molar-refractivity contribution in [2.24, 2.45) is 7.05 Å². The van der Waals surface area contributed by atoms with E-state index in [1.807, 2.05) is 54.7 Å². The molecule has 1 aromatic heterocycles. The summed E-state index contributed by atoms with van der Waals surface area (Å²) in [6, 6.07) is 14.0. The van der Waals surface area contributed by atoms with E-state index in [0.717, 1.165) is 23.2 Å². The molecule has 2 amide bonds. The Kier molecular flexibility index (Phi) is 4.44. The van der Waals surface area contributed by atoms with E-state index in [1.165, 1.54) is 16.7 Å².